The van der Waals surface area contributed by atoms with E-state index in [-0.39, 0.29) is 23.1 Å². The van der Waals surface area contributed by atoms with E-state index in [1.165, 1.54) is 12.1 Å². The lowest BCUT2D eigenvalue weighted by Gasteiger charge is -2.25. The molecule has 0 saturated heterocycles. The molecule has 1 aromatic carbocycles. The van der Waals surface area contributed by atoms with Crippen molar-refractivity contribution in [2.75, 3.05) is 11.9 Å². The highest BCUT2D eigenvalue weighted by molar-refractivity contribution is 9.09. The molecule has 0 radical (unpaired) electrons. The number of halogens is 2. The van der Waals surface area contributed by atoms with Gasteiger partial charge in [0.25, 0.3) is 0 Å². The Labute approximate surface area is 108 Å². The lowest BCUT2D eigenvalue weighted by molar-refractivity contribution is -0.131. The number of hydrogen-bond acceptors (Lipinski definition) is 2. The van der Waals surface area contributed by atoms with E-state index in [4.69, 9.17) is 4.74 Å². The molecule has 0 aromatic heterocycles. The zero-order valence-corrected chi connectivity index (χ0v) is 11.0. The minimum Gasteiger partial charge on any atom is -0.491 e. The first-order valence-electron chi connectivity index (χ1n) is 5.38. The van der Waals surface area contributed by atoms with Crippen molar-refractivity contribution in [3.05, 3.63) is 29.6 Å². The summed E-state index contributed by atoms with van der Waals surface area (Å²) in [5.41, 5.74) is 0.712. The molecule has 1 atom stereocenters. The van der Waals surface area contributed by atoms with Crippen LogP contribution in [0, 0.1) is 5.82 Å². The molecule has 0 N–H and O–H groups in total. The van der Waals surface area contributed by atoms with Gasteiger partial charge in [-0.25, -0.2) is 4.39 Å². The van der Waals surface area contributed by atoms with Gasteiger partial charge >= 0.3 is 0 Å². The van der Waals surface area contributed by atoms with E-state index in [2.05, 4.69) is 15.9 Å². The molecule has 1 aromatic rings. The molecule has 5 heteroatoms. The smallest absolute Gasteiger partial charge is 0.233 e. The molecule has 17 heavy (non-hydrogen) atoms. The van der Waals surface area contributed by atoms with Crippen LogP contribution in [0.4, 0.5) is 4.39 Å². The Morgan fingerprint density at radius 2 is 2.41 bits per heavy atom. The number of carbonyl (C=O) groups is 1. The molecule has 0 fully saturated rings. The first-order chi connectivity index (χ1) is 8.11. The summed E-state index contributed by atoms with van der Waals surface area (Å²) in [4.78, 5) is 13.4. The van der Waals surface area contributed by atoms with Crippen molar-refractivity contribution in [1.82, 2.24) is 4.90 Å². The van der Waals surface area contributed by atoms with Crippen LogP contribution in [0.25, 0.3) is 0 Å². The van der Waals surface area contributed by atoms with E-state index in [9.17, 15) is 9.18 Å². The van der Waals surface area contributed by atoms with E-state index >= 15 is 0 Å². The van der Waals surface area contributed by atoms with Gasteiger partial charge in [-0.1, -0.05) is 15.9 Å². The first kappa shape index (κ1) is 12.4. The van der Waals surface area contributed by atoms with Crippen LogP contribution < -0.4 is 4.74 Å². The minimum absolute atomic E-state index is 0.0155. The fourth-order valence-corrected chi connectivity index (χ4v) is 2.18. The second-order valence-corrected chi connectivity index (χ2v) is 4.63. The number of rotatable bonds is 1. The summed E-state index contributed by atoms with van der Waals surface area (Å²) < 4.78 is 18.7. The summed E-state index contributed by atoms with van der Waals surface area (Å²) in [6.45, 7) is 2.73. The summed E-state index contributed by atoms with van der Waals surface area (Å²) in [7, 11) is 0. The monoisotopic (exact) mass is 301 g/mol. The van der Waals surface area contributed by atoms with Crippen LogP contribution in [0.1, 0.15) is 12.5 Å². The quantitative estimate of drug-likeness (QED) is 0.745. The standard InChI is InChI=1S/C12H13BrFNO2/c1-8-7-17-11-3-2-10(14)4-9(11)6-15(8)12(16)5-13/h2-4,8H,5-7H2,1H3/t8-/m1/s1. The van der Waals surface area contributed by atoms with Gasteiger partial charge in [-0.15, -0.1) is 0 Å². The van der Waals surface area contributed by atoms with Crippen LogP contribution in [-0.4, -0.2) is 28.8 Å². The highest BCUT2D eigenvalue weighted by Crippen LogP contribution is 2.26. The molecular formula is C12H13BrFNO2. The fourth-order valence-electron chi connectivity index (χ4n) is 1.86. The maximum atomic E-state index is 13.2. The number of carbonyl (C=O) groups excluding carboxylic acids is 1. The average molecular weight is 302 g/mol. The normalized spacial score (nSPS) is 19.2. The van der Waals surface area contributed by atoms with Crippen molar-refractivity contribution in [1.29, 1.82) is 0 Å². The summed E-state index contributed by atoms with van der Waals surface area (Å²) in [6, 6.07) is 4.38. The van der Waals surface area contributed by atoms with Crippen LogP contribution >= 0.6 is 15.9 Å². The van der Waals surface area contributed by atoms with Crippen molar-refractivity contribution in [3.8, 4) is 5.75 Å². The Kier molecular flexibility index (Phi) is 3.66. The maximum absolute atomic E-state index is 13.2. The third-order valence-electron chi connectivity index (χ3n) is 2.81. The number of nitrogens with zero attached hydrogens (tertiary/aromatic N) is 1. The van der Waals surface area contributed by atoms with Gasteiger partial charge in [0.05, 0.1) is 11.4 Å². The summed E-state index contributed by atoms with van der Waals surface area (Å²) in [6.07, 6.45) is 0. The largest absolute Gasteiger partial charge is 0.491 e. The van der Waals surface area contributed by atoms with Crippen molar-refractivity contribution < 1.29 is 13.9 Å². The predicted molar refractivity (Wildman–Crippen MR) is 65.7 cm³/mol. The second kappa shape index (κ2) is 5.04. The molecular weight excluding hydrogens is 289 g/mol. The zero-order valence-electron chi connectivity index (χ0n) is 9.45. The number of fused-ring (bicyclic) bond motifs is 1. The Morgan fingerprint density at radius 3 is 3.12 bits per heavy atom. The molecule has 92 valence electrons. The van der Waals surface area contributed by atoms with Gasteiger partial charge in [-0.2, -0.15) is 0 Å². The third-order valence-corrected chi connectivity index (χ3v) is 3.29. The van der Waals surface area contributed by atoms with Gasteiger partial charge in [-0.05, 0) is 25.1 Å². The lowest BCUT2D eigenvalue weighted by atomic mass is 10.1. The summed E-state index contributed by atoms with van der Waals surface area (Å²) in [5, 5.41) is 0.266. The number of amides is 1. The molecule has 1 heterocycles. The molecule has 0 aliphatic carbocycles. The van der Waals surface area contributed by atoms with Crippen LogP contribution in [0.2, 0.25) is 0 Å². The van der Waals surface area contributed by atoms with Gasteiger partial charge in [0.15, 0.2) is 0 Å². The molecule has 0 bridgehead atoms. The van der Waals surface area contributed by atoms with Gasteiger partial charge < -0.3 is 9.64 Å². The minimum atomic E-state index is -0.312. The predicted octanol–water partition coefficient (Wildman–Crippen LogP) is 2.33. The number of hydrogen-bond donors (Lipinski definition) is 0. The number of alkyl halides is 1. The van der Waals surface area contributed by atoms with Gasteiger partial charge in [-0.3, -0.25) is 4.79 Å². The first-order valence-corrected chi connectivity index (χ1v) is 6.50. The van der Waals surface area contributed by atoms with Crippen LogP contribution in [0.15, 0.2) is 18.2 Å². The summed E-state index contributed by atoms with van der Waals surface area (Å²) >= 11 is 3.15. The van der Waals surface area contributed by atoms with Gasteiger partial charge in [0, 0.05) is 12.1 Å². The Morgan fingerprint density at radius 1 is 1.65 bits per heavy atom. The molecule has 1 aliphatic rings. The van der Waals surface area contributed by atoms with E-state index in [0.29, 0.717) is 24.5 Å². The number of ether oxygens (including phenoxy) is 1. The second-order valence-electron chi connectivity index (χ2n) is 4.07. The van der Waals surface area contributed by atoms with Crippen molar-refractivity contribution >= 4 is 21.8 Å². The molecule has 1 aliphatic heterocycles. The molecule has 0 unspecified atom stereocenters. The van der Waals surface area contributed by atoms with E-state index in [0.717, 1.165) is 0 Å². The van der Waals surface area contributed by atoms with E-state index in [1.807, 2.05) is 6.92 Å². The molecule has 1 amide bonds. The van der Waals surface area contributed by atoms with Crippen molar-refractivity contribution in [3.63, 3.8) is 0 Å². The molecule has 0 spiro atoms. The van der Waals surface area contributed by atoms with Crippen LogP contribution in [0.5, 0.6) is 5.75 Å². The maximum Gasteiger partial charge on any atom is 0.233 e. The van der Waals surface area contributed by atoms with Gasteiger partial charge in [0.2, 0.25) is 5.91 Å². The Bertz CT molecular complexity index is 439. The Balaban J connectivity index is 2.31. The molecule has 0 saturated carbocycles. The highest BCUT2D eigenvalue weighted by Gasteiger charge is 2.25. The SMILES string of the molecule is C[C@@H]1COc2ccc(F)cc2CN1C(=O)CBr. The lowest BCUT2D eigenvalue weighted by Crippen LogP contribution is -2.40. The third kappa shape index (κ3) is 2.60. The van der Waals surface area contributed by atoms with E-state index in [1.54, 1.807) is 11.0 Å². The zero-order chi connectivity index (χ0) is 12.4. The fraction of sp³-hybridized carbons (Fsp3) is 0.417. The van der Waals surface area contributed by atoms with Crippen LogP contribution in [0.3, 0.4) is 0 Å². The van der Waals surface area contributed by atoms with Crippen LogP contribution in [-0.2, 0) is 11.3 Å². The highest BCUT2D eigenvalue weighted by atomic mass is 79.9. The molecule has 2 rings (SSSR count). The Hall–Kier alpha value is -1.10. The molecule has 3 nitrogen and oxygen atoms in total. The number of benzene rings is 1. The topological polar surface area (TPSA) is 29.5 Å². The van der Waals surface area contributed by atoms with Gasteiger partial charge in [0.1, 0.15) is 18.2 Å². The van der Waals surface area contributed by atoms with Crippen molar-refractivity contribution in [2.24, 2.45) is 0 Å². The average Bonchev–Trinajstić information content (AvgIpc) is 2.48. The van der Waals surface area contributed by atoms with Crippen molar-refractivity contribution in [2.45, 2.75) is 19.5 Å². The van der Waals surface area contributed by atoms with E-state index < -0.39 is 0 Å². The summed E-state index contributed by atoms with van der Waals surface area (Å²) in [5.74, 6) is 0.328.